The van der Waals surface area contributed by atoms with Crippen LogP contribution in [-0.2, 0) is 20.7 Å². The molecular formula is C22H31N3O4S. The molecule has 0 saturated heterocycles. The normalized spacial score (nSPS) is 28.7. The highest BCUT2D eigenvalue weighted by Crippen LogP contribution is 2.55. The van der Waals surface area contributed by atoms with Gasteiger partial charge in [-0.25, -0.2) is 4.79 Å². The summed E-state index contributed by atoms with van der Waals surface area (Å²) in [5.74, 6) is 1.50. The molecule has 164 valence electrons. The van der Waals surface area contributed by atoms with Gasteiger partial charge in [0.05, 0.1) is 6.42 Å². The lowest BCUT2D eigenvalue weighted by molar-refractivity contribution is -0.148. The fourth-order valence-corrected chi connectivity index (χ4v) is 6.59. The Morgan fingerprint density at radius 2 is 1.73 bits per heavy atom. The van der Waals surface area contributed by atoms with Gasteiger partial charge in [-0.3, -0.25) is 9.59 Å². The average molecular weight is 434 g/mol. The number of carbonyl (C=O) groups excluding carboxylic acids is 3. The van der Waals surface area contributed by atoms with E-state index in [4.69, 9.17) is 4.74 Å². The third-order valence-electron chi connectivity index (χ3n) is 6.67. The lowest BCUT2D eigenvalue weighted by Gasteiger charge is -2.56. The van der Waals surface area contributed by atoms with E-state index in [1.807, 2.05) is 17.5 Å². The lowest BCUT2D eigenvalue weighted by Crippen LogP contribution is -2.61. The molecule has 0 atom stereocenters. The maximum absolute atomic E-state index is 12.4. The van der Waals surface area contributed by atoms with Crippen molar-refractivity contribution in [2.45, 2.75) is 56.9 Å². The van der Waals surface area contributed by atoms with Crippen molar-refractivity contribution in [1.29, 1.82) is 0 Å². The van der Waals surface area contributed by atoms with Crippen molar-refractivity contribution >= 4 is 29.2 Å². The van der Waals surface area contributed by atoms with Crippen LogP contribution in [0.5, 0.6) is 0 Å². The van der Waals surface area contributed by atoms with Gasteiger partial charge in [-0.15, -0.1) is 11.3 Å². The molecular weight excluding hydrogens is 402 g/mol. The van der Waals surface area contributed by atoms with Gasteiger partial charge in [-0.2, -0.15) is 0 Å². The Labute approximate surface area is 181 Å². The molecule has 4 saturated carbocycles. The van der Waals surface area contributed by atoms with Crippen molar-refractivity contribution in [2.75, 3.05) is 19.7 Å². The minimum absolute atomic E-state index is 0.0411. The van der Waals surface area contributed by atoms with Crippen LogP contribution in [0.2, 0.25) is 0 Å². The molecule has 3 amide bonds. The van der Waals surface area contributed by atoms with E-state index in [0.717, 1.165) is 43.4 Å². The Hall–Kier alpha value is -2.09. The van der Waals surface area contributed by atoms with Crippen LogP contribution in [0.4, 0.5) is 4.79 Å². The molecule has 1 aromatic rings. The number of hydrogen-bond donors (Lipinski definition) is 3. The second-order valence-corrected chi connectivity index (χ2v) is 10.2. The maximum Gasteiger partial charge on any atom is 0.315 e. The third-order valence-corrected chi connectivity index (χ3v) is 7.61. The van der Waals surface area contributed by atoms with Crippen LogP contribution in [0.3, 0.4) is 0 Å². The number of esters is 1. The highest BCUT2D eigenvalue weighted by Gasteiger charge is 2.51. The van der Waals surface area contributed by atoms with Crippen molar-refractivity contribution in [3.8, 4) is 0 Å². The molecule has 4 aliphatic rings. The Morgan fingerprint density at radius 1 is 1.03 bits per heavy atom. The van der Waals surface area contributed by atoms with Gasteiger partial charge < -0.3 is 20.7 Å². The highest BCUT2D eigenvalue weighted by molar-refractivity contribution is 7.09. The molecule has 3 N–H and O–H groups in total. The summed E-state index contributed by atoms with van der Waals surface area (Å²) in [6.45, 7) is 0.433. The van der Waals surface area contributed by atoms with Crippen LogP contribution >= 0.6 is 11.3 Å². The van der Waals surface area contributed by atoms with Gasteiger partial charge in [0.2, 0.25) is 0 Å². The van der Waals surface area contributed by atoms with Gasteiger partial charge in [0, 0.05) is 23.5 Å². The van der Waals surface area contributed by atoms with E-state index in [2.05, 4.69) is 16.0 Å². The van der Waals surface area contributed by atoms with Crippen molar-refractivity contribution in [3.05, 3.63) is 22.4 Å². The summed E-state index contributed by atoms with van der Waals surface area (Å²) in [7, 11) is 0. The highest BCUT2D eigenvalue weighted by atomic mass is 32.1. The Balaban J connectivity index is 1.07. The van der Waals surface area contributed by atoms with Gasteiger partial charge in [0.25, 0.3) is 5.91 Å². The van der Waals surface area contributed by atoms with Crippen molar-refractivity contribution < 1.29 is 19.1 Å². The Morgan fingerprint density at radius 3 is 2.37 bits per heavy atom. The average Bonchev–Trinajstić information content (AvgIpc) is 3.18. The van der Waals surface area contributed by atoms with E-state index >= 15 is 0 Å². The van der Waals surface area contributed by atoms with E-state index in [0.29, 0.717) is 6.54 Å². The van der Waals surface area contributed by atoms with E-state index in [1.54, 1.807) is 11.3 Å². The molecule has 1 heterocycles. The van der Waals surface area contributed by atoms with Crippen molar-refractivity contribution in [3.63, 3.8) is 0 Å². The number of hydrogen-bond acceptors (Lipinski definition) is 5. The Kier molecular flexibility index (Phi) is 6.61. The minimum Gasteiger partial charge on any atom is -0.456 e. The summed E-state index contributed by atoms with van der Waals surface area (Å²) < 4.78 is 4.99. The molecule has 0 spiro atoms. The minimum atomic E-state index is -0.487. The first-order chi connectivity index (χ1) is 14.5. The predicted molar refractivity (Wildman–Crippen MR) is 114 cm³/mol. The molecule has 4 fully saturated rings. The second-order valence-electron chi connectivity index (χ2n) is 9.17. The van der Waals surface area contributed by atoms with Gasteiger partial charge in [-0.1, -0.05) is 6.07 Å². The monoisotopic (exact) mass is 433 g/mol. The maximum atomic E-state index is 12.4. The molecule has 4 bridgehead atoms. The molecule has 0 aromatic carbocycles. The zero-order valence-corrected chi connectivity index (χ0v) is 18.1. The second kappa shape index (κ2) is 9.37. The molecule has 5 rings (SSSR count). The van der Waals surface area contributed by atoms with E-state index < -0.39 is 5.97 Å². The quantitative estimate of drug-likeness (QED) is 0.522. The first kappa shape index (κ1) is 21.2. The van der Waals surface area contributed by atoms with Crippen LogP contribution in [0, 0.1) is 17.8 Å². The summed E-state index contributed by atoms with van der Waals surface area (Å²) in [4.78, 5) is 37.1. The molecule has 30 heavy (non-hydrogen) atoms. The molecule has 1 aromatic heterocycles. The van der Waals surface area contributed by atoms with E-state index in [-0.39, 0.29) is 37.0 Å². The molecule has 0 aliphatic heterocycles. The number of ether oxygens (including phenoxy) is 1. The van der Waals surface area contributed by atoms with E-state index in [9.17, 15) is 14.4 Å². The number of carbonyl (C=O) groups is 3. The smallest absolute Gasteiger partial charge is 0.315 e. The molecule has 0 unspecified atom stereocenters. The van der Waals surface area contributed by atoms with Crippen molar-refractivity contribution in [1.82, 2.24) is 16.0 Å². The van der Waals surface area contributed by atoms with Crippen LogP contribution in [0.15, 0.2) is 17.5 Å². The molecule has 0 radical (unpaired) electrons. The first-order valence-corrected chi connectivity index (χ1v) is 11.9. The zero-order valence-electron chi connectivity index (χ0n) is 17.3. The largest absolute Gasteiger partial charge is 0.456 e. The van der Waals surface area contributed by atoms with Crippen molar-refractivity contribution in [2.24, 2.45) is 17.8 Å². The topological polar surface area (TPSA) is 96.5 Å². The summed E-state index contributed by atoms with van der Waals surface area (Å²) in [5, 5.41) is 10.7. The fraction of sp³-hybridized carbons (Fsp3) is 0.682. The first-order valence-electron chi connectivity index (χ1n) is 11.0. The molecule has 8 heteroatoms. The van der Waals surface area contributed by atoms with Gasteiger partial charge in [0.15, 0.2) is 6.61 Å². The summed E-state index contributed by atoms with van der Waals surface area (Å²) >= 11 is 1.65. The SMILES string of the molecule is O=C(COC(=O)CCNC(=O)NC12CC3CC(CC(C3)C1)C2)NCCc1cccs1. The third kappa shape index (κ3) is 5.53. The van der Waals surface area contributed by atoms with Gasteiger partial charge in [-0.05, 0) is 74.1 Å². The summed E-state index contributed by atoms with van der Waals surface area (Å²) in [5.41, 5.74) is -0.0411. The van der Waals surface area contributed by atoms with Gasteiger partial charge >= 0.3 is 12.0 Å². The molecule has 4 aliphatic carbocycles. The van der Waals surface area contributed by atoms with Gasteiger partial charge in [0.1, 0.15) is 0 Å². The summed E-state index contributed by atoms with van der Waals surface area (Å²) in [6, 6.07) is 3.79. The number of nitrogens with one attached hydrogen (secondary N) is 3. The van der Waals surface area contributed by atoms with Crippen LogP contribution < -0.4 is 16.0 Å². The standard InChI is InChI=1S/C22H31N3O4S/c26-19(23-5-3-18-2-1-7-30-18)14-29-20(27)4-6-24-21(28)25-22-11-15-8-16(12-22)10-17(9-15)13-22/h1-2,7,15-17H,3-6,8-14H2,(H,23,26)(H2,24,25,28). The van der Waals surface area contributed by atoms with Crippen LogP contribution in [-0.4, -0.2) is 43.1 Å². The number of amides is 3. The number of urea groups is 1. The zero-order chi connectivity index (χ0) is 21.0. The number of rotatable bonds is 9. The van der Waals surface area contributed by atoms with Crippen LogP contribution in [0.25, 0.3) is 0 Å². The Bertz CT molecular complexity index is 729. The lowest BCUT2D eigenvalue weighted by atomic mass is 9.53. The van der Waals surface area contributed by atoms with E-state index in [1.165, 1.54) is 24.1 Å². The molecule has 7 nitrogen and oxygen atoms in total. The number of thiophene rings is 1. The summed E-state index contributed by atoms with van der Waals surface area (Å²) in [6.07, 6.45) is 8.08. The predicted octanol–water partition coefficient (Wildman–Crippen LogP) is 2.61. The van der Waals surface area contributed by atoms with Crippen LogP contribution in [0.1, 0.15) is 49.8 Å². The fourth-order valence-electron chi connectivity index (χ4n) is 5.88.